The van der Waals surface area contributed by atoms with E-state index in [-0.39, 0.29) is 11.4 Å². The molecule has 0 amide bonds. The molecule has 1 aromatic rings. The highest BCUT2D eigenvalue weighted by molar-refractivity contribution is 5.76. The normalized spacial score (nSPS) is 12.1. The highest BCUT2D eigenvalue weighted by atomic mass is 16.5. The Morgan fingerprint density at radius 2 is 2.39 bits per heavy atom. The summed E-state index contributed by atoms with van der Waals surface area (Å²) in [7, 11) is 3.13. The van der Waals surface area contributed by atoms with Crippen LogP contribution in [0.25, 0.3) is 0 Å². The van der Waals surface area contributed by atoms with Crippen LogP contribution in [0.1, 0.15) is 12.8 Å². The van der Waals surface area contributed by atoms with Gasteiger partial charge in [-0.05, 0) is 12.8 Å². The van der Waals surface area contributed by atoms with Crippen LogP contribution in [0.5, 0.6) is 0 Å². The predicted molar refractivity (Wildman–Crippen MR) is 65.6 cm³/mol. The Bertz CT molecular complexity index is 458. The summed E-state index contributed by atoms with van der Waals surface area (Å²) >= 11 is 0. The van der Waals surface area contributed by atoms with Crippen molar-refractivity contribution in [3.8, 4) is 0 Å². The second kappa shape index (κ2) is 6.75. The predicted octanol–water partition coefficient (Wildman–Crippen LogP) is 0.0720. The summed E-state index contributed by atoms with van der Waals surface area (Å²) in [6, 6.07) is -0.845. The Hall–Kier alpha value is -1.89. The lowest BCUT2D eigenvalue weighted by Gasteiger charge is -2.14. The van der Waals surface area contributed by atoms with Gasteiger partial charge in [0.1, 0.15) is 6.04 Å². The van der Waals surface area contributed by atoms with E-state index in [1.165, 1.54) is 17.0 Å². The van der Waals surface area contributed by atoms with Crippen LogP contribution in [-0.2, 0) is 16.6 Å². The third-order valence-electron chi connectivity index (χ3n) is 2.47. The number of nitrogens with one attached hydrogen (secondary N) is 1. The van der Waals surface area contributed by atoms with Gasteiger partial charge in [-0.1, -0.05) is 0 Å². The lowest BCUT2D eigenvalue weighted by atomic mass is 10.1. The Labute approximate surface area is 104 Å². The number of aryl methyl sites for hydroxylation is 1. The van der Waals surface area contributed by atoms with Gasteiger partial charge in [-0.25, -0.2) is 9.78 Å². The SMILES string of the molecule is COCCCC(Nc1nccn(C)c1=O)C(=O)O. The van der Waals surface area contributed by atoms with Crippen molar-refractivity contribution in [2.75, 3.05) is 19.0 Å². The largest absolute Gasteiger partial charge is 0.480 e. The van der Waals surface area contributed by atoms with Gasteiger partial charge >= 0.3 is 5.97 Å². The molecule has 0 aromatic carbocycles. The molecule has 0 aliphatic heterocycles. The van der Waals surface area contributed by atoms with Crippen LogP contribution < -0.4 is 10.9 Å². The smallest absolute Gasteiger partial charge is 0.326 e. The maximum atomic E-state index is 11.7. The molecule has 1 rings (SSSR count). The molecule has 0 aliphatic rings. The van der Waals surface area contributed by atoms with Crippen molar-refractivity contribution >= 4 is 11.8 Å². The lowest BCUT2D eigenvalue weighted by Crippen LogP contribution is -2.34. The van der Waals surface area contributed by atoms with Crippen LogP contribution in [0.2, 0.25) is 0 Å². The fourth-order valence-electron chi connectivity index (χ4n) is 1.45. The van der Waals surface area contributed by atoms with Crippen LogP contribution in [0.3, 0.4) is 0 Å². The maximum absolute atomic E-state index is 11.7. The van der Waals surface area contributed by atoms with Gasteiger partial charge in [-0.3, -0.25) is 4.79 Å². The van der Waals surface area contributed by atoms with Crippen molar-refractivity contribution in [3.05, 3.63) is 22.7 Å². The van der Waals surface area contributed by atoms with Crippen molar-refractivity contribution in [3.63, 3.8) is 0 Å². The van der Waals surface area contributed by atoms with Crippen molar-refractivity contribution in [2.24, 2.45) is 7.05 Å². The van der Waals surface area contributed by atoms with Gasteiger partial charge in [0, 0.05) is 33.2 Å². The minimum absolute atomic E-state index is 0.0461. The molecule has 1 heterocycles. The summed E-state index contributed by atoms with van der Waals surface area (Å²) < 4.78 is 6.20. The number of rotatable bonds is 7. The monoisotopic (exact) mass is 255 g/mol. The molecule has 1 unspecified atom stereocenters. The van der Waals surface area contributed by atoms with Gasteiger partial charge in [0.05, 0.1) is 0 Å². The number of hydrogen-bond donors (Lipinski definition) is 2. The third-order valence-corrected chi connectivity index (χ3v) is 2.47. The summed E-state index contributed by atoms with van der Waals surface area (Å²) in [5, 5.41) is 11.7. The highest BCUT2D eigenvalue weighted by Crippen LogP contribution is 2.04. The number of nitrogens with zero attached hydrogens (tertiary/aromatic N) is 2. The first kappa shape index (κ1) is 14.2. The lowest BCUT2D eigenvalue weighted by molar-refractivity contribution is -0.138. The van der Waals surface area contributed by atoms with E-state index < -0.39 is 12.0 Å². The van der Waals surface area contributed by atoms with E-state index in [1.807, 2.05) is 0 Å². The van der Waals surface area contributed by atoms with E-state index in [4.69, 9.17) is 9.84 Å². The number of aliphatic carboxylic acids is 1. The fourth-order valence-corrected chi connectivity index (χ4v) is 1.45. The molecule has 0 bridgehead atoms. The van der Waals surface area contributed by atoms with Gasteiger partial charge in [-0.2, -0.15) is 0 Å². The fraction of sp³-hybridized carbons (Fsp3) is 0.545. The number of hydrogen-bond acceptors (Lipinski definition) is 5. The summed E-state index contributed by atoms with van der Waals surface area (Å²) in [4.78, 5) is 26.6. The molecule has 1 atom stereocenters. The molecule has 0 fully saturated rings. The van der Waals surface area contributed by atoms with E-state index in [2.05, 4.69) is 10.3 Å². The first-order chi connectivity index (χ1) is 8.56. The number of carboxylic acid groups (broad SMARTS) is 1. The average molecular weight is 255 g/mol. The number of anilines is 1. The van der Waals surface area contributed by atoms with Gasteiger partial charge in [0.2, 0.25) is 0 Å². The molecule has 0 saturated carbocycles. The zero-order valence-electron chi connectivity index (χ0n) is 10.4. The van der Waals surface area contributed by atoms with E-state index in [0.29, 0.717) is 19.4 Å². The minimum atomic E-state index is -1.01. The minimum Gasteiger partial charge on any atom is -0.480 e. The molecule has 0 radical (unpaired) electrons. The quantitative estimate of drug-likeness (QED) is 0.670. The standard InChI is InChI=1S/C11H17N3O4/c1-14-6-5-12-9(10(14)15)13-8(11(16)17)4-3-7-18-2/h5-6,8H,3-4,7H2,1-2H3,(H,12,13)(H,16,17). The molecule has 2 N–H and O–H groups in total. The zero-order valence-corrected chi connectivity index (χ0v) is 10.4. The highest BCUT2D eigenvalue weighted by Gasteiger charge is 2.18. The van der Waals surface area contributed by atoms with Gasteiger partial charge in [0.15, 0.2) is 5.82 Å². The molecule has 18 heavy (non-hydrogen) atoms. The molecule has 100 valence electrons. The van der Waals surface area contributed by atoms with Gasteiger partial charge < -0.3 is 19.7 Å². The summed E-state index contributed by atoms with van der Waals surface area (Å²) in [6.07, 6.45) is 3.91. The molecular formula is C11H17N3O4. The first-order valence-corrected chi connectivity index (χ1v) is 5.56. The van der Waals surface area contributed by atoms with Crippen molar-refractivity contribution in [1.29, 1.82) is 0 Å². The van der Waals surface area contributed by atoms with E-state index in [9.17, 15) is 9.59 Å². The summed E-state index contributed by atoms with van der Waals surface area (Å²) in [6.45, 7) is 0.478. The van der Waals surface area contributed by atoms with Crippen molar-refractivity contribution in [1.82, 2.24) is 9.55 Å². The Balaban J connectivity index is 2.74. The molecule has 7 heteroatoms. The Kier molecular flexibility index (Phi) is 5.31. The van der Waals surface area contributed by atoms with Gasteiger partial charge in [-0.15, -0.1) is 0 Å². The maximum Gasteiger partial charge on any atom is 0.326 e. The van der Waals surface area contributed by atoms with Crippen LogP contribution in [0, 0.1) is 0 Å². The first-order valence-electron chi connectivity index (χ1n) is 5.56. The van der Waals surface area contributed by atoms with Crippen molar-refractivity contribution in [2.45, 2.75) is 18.9 Å². The van der Waals surface area contributed by atoms with Crippen LogP contribution >= 0.6 is 0 Å². The Morgan fingerprint density at radius 1 is 1.67 bits per heavy atom. The second-order valence-corrected chi connectivity index (χ2v) is 3.86. The number of carboxylic acids is 1. The van der Waals surface area contributed by atoms with Crippen LogP contribution in [0.15, 0.2) is 17.2 Å². The van der Waals surface area contributed by atoms with E-state index in [1.54, 1.807) is 14.2 Å². The zero-order chi connectivity index (χ0) is 13.5. The molecular weight excluding hydrogens is 238 g/mol. The molecule has 1 aromatic heterocycles. The van der Waals surface area contributed by atoms with Crippen molar-refractivity contribution < 1.29 is 14.6 Å². The molecule has 0 aliphatic carbocycles. The van der Waals surface area contributed by atoms with Gasteiger partial charge in [0.25, 0.3) is 5.56 Å². The second-order valence-electron chi connectivity index (χ2n) is 3.86. The summed E-state index contributed by atoms with van der Waals surface area (Å²) in [5.41, 5.74) is -0.351. The molecule has 0 saturated heterocycles. The summed E-state index contributed by atoms with van der Waals surface area (Å²) in [5.74, 6) is -0.969. The molecule has 7 nitrogen and oxygen atoms in total. The Morgan fingerprint density at radius 3 is 3.00 bits per heavy atom. The van der Waals surface area contributed by atoms with Crippen LogP contribution in [-0.4, -0.2) is 40.4 Å². The topological polar surface area (TPSA) is 93.5 Å². The van der Waals surface area contributed by atoms with E-state index in [0.717, 1.165) is 0 Å². The number of carbonyl (C=O) groups is 1. The van der Waals surface area contributed by atoms with Crippen LogP contribution in [0.4, 0.5) is 5.82 Å². The number of ether oxygens (including phenoxy) is 1. The average Bonchev–Trinajstić information content (AvgIpc) is 2.33. The molecule has 0 spiro atoms. The third kappa shape index (κ3) is 3.85. The number of methoxy groups -OCH3 is 1. The van der Waals surface area contributed by atoms with E-state index >= 15 is 0 Å². The number of aromatic nitrogens is 2.